The average Bonchev–Trinajstić information content (AvgIpc) is 3.09. The lowest BCUT2D eigenvalue weighted by Crippen LogP contribution is -2.29. The summed E-state index contributed by atoms with van der Waals surface area (Å²) in [7, 11) is 1.55. The molecule has 0 spiro atoms. The van der Waals surface area contributed by atoms with E-state index >= 15 is 0 Å². The van der Waals surface area contributed by atoms with Crippen LogP contribution in [0.25, 0.3) is 5.78 Å². The van der Waals surface area contributed by atoms with Crippen molar-refractivity contribution in [3.05, 3.63) is 52.6 Å². The third-order valence-corrected chi connectivity index (χ3v) is 4.62. The minimum atomic E-state index is -4.67. The third kappa shape index (κ3) is 4.15. The number of carbonyl (C=O) groups is 1. The maximum Gasteiger partial charge on any atom is 0.453 e. The molecule has 1 N–H and O–H groups in total. The summed E-state index contributed by atoms with van der Waals surface area (Å²) in [5.74, 6) is -1.07. The van der Waals surface area contributed by atoms with Gasteiger partial charge in [0.1, 0.15) is 5.75 Å². The van der Waals surface area contributed by atoms with Gasteiger partial charge in [-0.05, 0) is 26.8 Å². The van der Waals surface area contributed by atoms with Gasteiger partial charge in [-0.2, -0.15) is 18.2 Å². The van der Waals surface area contributed by atoms with Crippen LogP contribution in [0, 0.1) is 13.8 Å². The quantitative estimate of drug-likeness (QED) is 0.703. The molecule has 154 valence electrons. The number of hydrogen-bond donors (Lipinski definition) is 1. The summed E-state index contributed by atoms with van der Waals surface area (Å²) in [6.07, 6.45) is -4.73. The molecule has 0 saturated heterocycles. The van der Waals surface area contributed by atoms with Crippen molar-refractivity contribution >= 4 is 11.7 Å². The number of hydrogen-bond acceptors (Lipinski definition) is 5. The number of fused-ring (bicyclic) bond motifs is 1. The van der Waals surface area contributed by atoms with Crippen molar-refractivity contribution in [3.63, 3.8) is 0 Å². The molecule has 1 aromatic carbocycles. The van der Waals surface area contributed by atoms with Gasteiger partial charge in [-0.1, -0.05) is 18.2 Å². The van der Waals surface area contributed by atoms with Crippen LogP contribution in [0.4, 0.5) is 13.2 Å². The van der Waals surface area contributed by atoms with Gasteiger partial charge in [0.2, 0.25) is 5.91 Å². The Balaban J connectivity index is 1.84. The maximum absolute atomic E-state index is 12.9. The topological polar surface area (TPSA) is 81.4 Å². The fourth-order valence-electron chi connectivity index (χ4n) is 3.14. The monoisotopic (exact) mass is 407 g/mol. The zero-order valence-corrected chi connectivity index (χ0v) is 16.3. The van der Waals surface area contributed by atoms with E-state index in [4.69, 9.17) is 4.74 Å². The number of amides is 1. The van der Waals surface area contributed by atoms with Crippen LogP contribution >= 0.6 is 0 Å². The molecule has 0 aliphatic heterocycles. The van der Waals surface area contributed by atoms with Crippen LogP contribution in [-0.4, -0.2) is 32.6 Å². The number of carbonyl (C=O) groups excluding carboxylic acids is 1. The summed E-state index contributed by atoms with van der Waals surface area (Å²) >= 11 is 0. The molecule has 1 atom stereocenters. The van der Waals surface area contributed by atoms with Gasteiger partial charge in [-0.3, -0.25) is 4.79 Å². The van der Waals surface area contributed by atoms with Crippen LogP contribution in [-0.2, 0) is 17.4 Å². The molecule has 29 heavy (non-hydrogen) atoms. The summed E-state index contributed by atoms with van der Waals surface area (Å²) in [4.78, 5) is 20.1. The maximum atomic E-state index is 12.9. The Bertz CT molecular complexity index is 1060. The lowest BCUT2D eigenvalue weighted by atomic mass is 10.1. The fraction of sp³-hybridized carbons (Fsp3) is 0.368. The minimum Gasteiger partial charge on any atom is -0.496 e. The SMILES string of the molecule is COc1ccccc1C(C)NC(=O)Cc1c(C)nc2nc(C(F)(F)F)nn2c1C. The number of methoxy groups -OCH3 is 1. The molecule has 7 nitrogen and oxygen atoms in total. The number of nitrogens with one attached hydrogen (secondary N) is 1. The molecule has 2 heterocycles. The van der Waals surface area contributed by atoms with Gasteiger partial charge >= 0.3 is 6.18 Å². The molecule has 3 aromatic rings. The van der Waals surface area contributed by atoms with Gasteiger partial charge in [0.15, 0.2) is 0 Å². The van der Waals surface area contributed by atoms with Crippen molar-refractivity contribution in [3.8, 4) is 5.75 Å². The Kier molecular flexibility index (Phi) is 5.45. The molecule has 0 aliphatic carbocycles. The smallest absolute Gasteiger partial charge is 0.453 e. The van der Waals surface area contributed by atoms with Crippen molar-refractivity contribution in [1.82, 2.24) is 24.9 Å². The second-order valence-corrected chi connectivity index (χ2v) is 6.61. The van der Waals surface area contributed by atoms with Crippen LogP contribution < -0.4 is 10.1 Å². The van der Waals surface area contributed by atoms with Crippen LogP contribution in [0.5, 0.6) is 5.75 Å². The summed E-state index contributed by atoms with van der Waals surface area (Å²) in [5, 5.41) is 6.37. The van der Waals surface area contributed by atoms with Gasteiger partial charge < -0.3 is 10.1 Å². The number of para-hydroxylation sites is 1. The first-order chi connectivity index (χ1) is 13.6. The Labute approximate surface area is 164 Å². The zero-order chi connectivity index (χ0) is 21.3. The van der Waals surface area contributed by atoms with Gasteiger partial charge in [0.05, 0.1) is 19.6 Å². The first-order valence-corrected chi connectivity index (χ1v) is 8.84. The van der Waals surface area contributed by atoms with Crippen molar-refractivity contribution in [1.29, 1.82) is 0 Å². The number of ether oxygens (including phenoxy) is 1. The molecule has 1 unspecified atom stereocenters. The molecule has 1 amide bonds. The highest BCUT2D eigenvalue weighted by Gasteiger charge is 2.37. The Hall–Kier alpha value is -3.17. The highest BCUT2D eigenvalue weighted by molar-refractivity contribution is 5.79. The van der Waals surface area contributed by atoms with Gasteiger partial charge in [-0.15, -0.1) is 5.10 Å². The number of rotatable bonds is 5. The number of halogens is 3. The predicted octanol–water partition coefficient (Wildman–Crippen LogP) is 3.19. The fourth-order valence-corrected chi connectivity index (χ4v) is 3.14. The molecule has 3 rings (SSSR count). The first-order valence-electron chi connectivity index (χ1n) is 8.84. The molecule has 0 fully saturated rings. The summed E-state index contributed by atoms with van der Waals surface area (Å²) in [6, 6.07) is 7.00. The van der Waals surface area contributed by atoms with E-state index in [9.17, 15) is 18.0 Å². The molecule has 2 aromatic heterocycles. The van der Waals surface area contributed by atoms with E-state index in [1.165, 1.54) is 0 Å². The highest BCUT2D eigenvalue weighted by Crippen LogP contribution is 2.27. The van der Waals surface area contributed by atoms with E-state index in [1.807, 2.05) is 25.1 Å². The van der Waals surface area contributed by atoms with E-state index in [-0.39, 0.29) is 24.1 Å². The lowest BCUT2D eigenvalue weighted by Gasteiger charge is -2.18. The predicted molar refractivity (Wildman–Crippen MR) is 98.5 cm³/mol. The van der Waals surface area contributed by atoms with Crippen molar-refractivity contribution < 1.29 is 22.7 Å². The molecular formula is C19H20F3N5O2. The van der Waals surface area contributed by atoms with Crippen LogP contribution in [0.15, 0.2) is 24.3 Å². The molecule has 0 bridgehead atoms. The highest BCUT2D eigenvalue weighted by atomic mass is 19.4. The van der Waals surface area contributed by atoms with E-state index in [0.29, 0.717) is 22.7 Å². The summed E-state index contributed by atoms with van der Waals surface area (Å²) < 4.78 is 45.0. The third-order valence-electron chi connectivity index (χ3n) is 4.62. The Morgan fingerprint density at radius 2 is 1.93 bits per heavy atom. The van der Waals surface area contributed by atoms with Crippen molar-refractivity contribution in [2.75, 3.05) is 7.11 Å². The molecule has 0 saturated carbocycles. The average molecular weight is 407 g/mol. The summed E-state index contributed by atoms with van der Waals surface area (Å²) in [5.41, 5.74) is 2.13. The Morgan fingerprint density at radius 3 is 2.59 bits per heavy atom. The Morgan fingerprint density at radius 1 is 1.24 bits per heavy atom. The normalized spacial score (nSPS) is 12.8. The van der Waals surface area contributed by atoms with Crippen molar-refractivity contribution in [2.45, 2.75) is 39.4 Å². The second-order valence-electron chi connectivity index (χ2n) is 6.61. The van der Waals surface area contributed by atoms with E-state index in [2.05, 4.69) is 20.4 Å². The van der Waals surface area contributed by atoms with Crippen LogP contribution in [0.3, 0.4) is 0 Å². The number of aryl methyl sites for hydroxylation is 2. The number of aromatic nitrogens is 4. The number of nitrogens with zero attached hydrogens (tertiary/aromatic N) is 4. The van der Waals surface area contributed by atoms with Crippen LogP contribution in [0.1, 0.15) is 41.3 Å². The van der Waals surface area contributed by atoms with Gasteiger partial charge in [0.25, 0.3) is 11.6 Å². The molecule has 10 heteroatoms. The van der Waals surface area contributed by atoms with Crippen LogP contribution in [0.2, 0.25) is 0 Å². The summed E-state index contributed by atoms with van der Waals surface area (Å²) in [6.45, 7) is 5.04. The second kappa shape index (κ2) is 7.69. The lowest BCUT2D eigenvalue weighted by molar-refractivity contribution is -0.144. The zero-order valence-electron chi connectivity index (χ0n) is 16.3. The van der Waals surface area contributed by atoms with Gasteiger partial charge in [0, 0.05) is 22.5 Å². The first kappa shape index (κ1) is 20.6. The minimum absolute atomic E-state index is 0.0543. The number of benzene rings is 1. The number of alkyl halides is 3. The molecule has 0 aliphatic rings. The van der Waals surface area contributed by atoms with E-state index in [1.54, 1.807) is 27.0 Å². The molecule has 0 radical (unpaired) electrons. The largest absolute Gasteiger partial charge is 0.496 e. The van der Waals surface area contributed by atoms with E-state index in [0.717, 1.165) is 10.1 Å². The standard InChI is InChI=1S/C19H20F3N5O2/c1-10(13-7-5-6-8-15(13)29-4)23-16(28)9-14-11(2)24-18-25-17(19(20,21)22)26-27(18)12(14)3/h5-8,10H,9H2,1-4H3,(H,23,28). The van der Waals surface area contributed by atoms with Crippen molar-refractivity contribution in [2.24, 2.45) is 0 Å². The van der Waals surface area contributed by atoms with E-state index < -0.39 is 12.0 Å². The molecular weight excluding hydrogens is 387 g/mol. The van der Waals surface area contributed by atoms with Gasteiger partial charge in [-0.25, -0.2) is 9.50 Å².